The number of carboxylic acids is 1. The molecular weight excluding hydrogens is 482 g/mol. The molecule has 1 aliphatic heterocycles. The number of ether oxygens (including phenoxy) is 1. The van der Waals surface area contributed by atoms with Gasteiger partial charge in [-0.3, -0.25) is 9.59 Å². The molecule has 0 unspecified atom stereocenters. The molecule has 2 aromatic carbocycles. The Morgan fingerprint density at radius 3 is 2.69 bits per heavy atom. The van der Waals surface area contributed by atoms with Crippen molar-refractivity contribution in [1.82, 2.24) is 10.2 Å². The molecule has 10 heteroatoms. The van der Waals surface area contributed by atoms with Crippen LogP contribution >= 0.6 is 15.9 Å². The standard InChI is InChI=1S/C22H20BrN3O6/c1-2-13-5-3-4-6-16(13)24-19(27)11-26-21(30)17(25-22(26)31)10-14-9-15(23)7-8-18(14)32-12-20(28)29/h3-10H,2,11-12H2,1H3,(H,24,27)(H,25,31)(H,28,29)/b17-10+. The van der Waals surface area contributed by atoms with Crippen molar-refractivity contribution in [2.45, 2.75) is 13.3 Å². The first-order valence-electron chi connectivity index (χ1n) is 9.65. The number of carboxylic acid groups (broad SMARTS) is 1. The normalized spacial score (nSPS) is 14.4. The quantitative estimate of drug-likeness (QED) is 0.377. The SMILES string of the molecule is CCc1ccccc1NC(=O)CN1C(=O)N/C(=C/c2cc(Br)ccc2OCC(=O)O)C1=O. The van der Waals surface area contributed by atoms with Crippen molar-refractivity contribution < 1.29 is 29.0 Å². The minimum absolute atomic E-state index is 0.0602. The zero-order valence-corrected chi connectivity index (χ0v) is 18.6. The van der Waals surface area contributed by atoms with E-state index in [1.165, 1.54) is 12.1 Å². The molecule has 0 saturated carbocycles. The average molecular weight is 502 g/mol. The lowest BCUT2D eigenvalue weighted by Crippen LogP contribution is -2.38. The van der Waals surface area contributed by atoms with E-state index < -0.39 is 37.0 Å². The van der Waals surface area contributed by atoms with E-state index in [4.69, 9.17) is 9.84 Å². The van der Waals surface area contributed by atoms with Gasteiger partial charge in [-0.15, -0.1) is 0 Å². The molecule has 3 rings (SSSR count). The van der Waals surface area contributed by atoms with Crippen LogP contribution in [0.4, 0.5) is 10.5 Å². The van der Waals surface area contributed by atoms with Gasteiger partial charge < -0.3 is 20.5 Å². The monoisotopic (exact) mass is 501 g/mol. The number of halogens is 1. The third-order valence-corrected chi connectivity index (χ3v) is 5.05. The Hall–Kier alpha value is -3.66. The van der Waals surface area contributed by atoms with Crippen molar-refractivity contribution in [1.29, 1.82) is 0 Å². The number of nitrogens with one attached hydrogen (secondary N) is 2. The van der Waals surface area contributed by atoms with Crippen molar-refractivity contribution in [3.05, 3.63) is 63.8 Å². The van der Waals surface area contributed by atoms with Crippen LogP contribution in [0.25, 0.3) is 6.08 Å². The van der Waals surface area contributed by atoms with Crippen molar-refractivity contribution >= 4 is 51.5 Å². The van der Waals surface area contributed by atoms with Gasteiger partial charge in [0.2, 0.25) is 5.91 Å². The minimum atomic E-state index is -1.15. The first-order chi connectivity index (χ1) is 15.3. The summed E-state index contributed by atoms with van der Waals surface area (Å²) in [5.74, 6) is -2.13. The van der Waals surface area contributed by atoms with Gasteiger partial charge in [0.1, 0.15) is 18.0 Å². The number of nitrogens with zero attached hydrogens (tertiary/aromatic N) is 1. The Labute approximate surface area is 192 Å². The topological polar surface area (TPSA) is 125 Å². The number of para-hydroxylation sites is 1. The number of carbonyl (C=O) groups excluding carboxylic acids is 3. The van der Waals surface area contributed by atoms with Crippen molar-refractivity contribution in [3.8, 4) is 5.75 Å². The largest absolute Gasteiger partial charge is 0.481 e. The number of benzene rings is 2. The maximum Gasteiger partial charge on any atom is 0.341 e. The van der Waals surface area contributed by atoms with Gasteiger partial charge in [0, 0.05) is 15.7 Å². The zero-order valence-electron chi connectivity index (χ0n) is 17.1. The highest BCUT2D eigenvalue weighted by atomic mass is 79.9. The summed E-state index contributed by atoms with van der Waals surface area (Å²) in [5.41, 5.74) is 1.88. The lowest BCUT2D eigenvalue weighted by atomic mass is 10.1. The van der Waals surface area contributed by atoms with E-state index in [2.05, 4.69) is 26.6 Å². The molecule has 1 fully saturated rings. The lowest BCUT2D eigenvalue weighted by molar-refractivity contribution is -0.139. The number of rotatable bonds is 8. The number of aliphatic carboxylic acids is 1. The fourth-order valence-corrected chi connectivity index (χ4v) is 3.44. The van der Waals surface area contributed by atoms with Crippen LogP contribution in [0.5, 0.6) is 5.75 Å². The van der Waals surface area contributed by atoms with Crippen LogP contribution in [-0.4, -0.2) is 47.0 Å². The summed E-state index contributed by atoms with van der Waals surface area (Å²) in [5, 5.41) is 14.0. The number of urea groups is 1. The van der Waals surface area contributed by atoms with Crippen LogP contribution < -0.4 is 15.4 Å². The Kier molecular flexibility index (Phi) is 7.26. The van der Waals surface area contributed by atoms with Gasteiger partial charge in [-0.25, -0.2) is 14.5 Å². The molecule has 0 aromatic heterocycles. The Morgan fingerprint density at radius 2 is 1.97 bits per heavy atom. The third kappa shape index (κ3) is 5.52. The van der Waals surface area contributed by atoms with Gasteiger partial charge in [-0.1, -0.05) is 41.1 Å². The molecule has 0 radical (unpaired) electrons. The minimum Gasteiger partial charge on any atom is -0.481 e. The molecule has 0 spiro atoms. The molecule has 4 amide bonds. The predicted octanol–water partition coefficient (Wildman–Crippen LogP) is 3.01. The molecule has 166 valence electrons. The second kappa shape index (κ2) is 10.1. The number of hydrogen-bond acceptors (Lipinski definition) is 5. The average Bonchev–Trinajstić information content (AvgIpc) is 3.00. The van der Waals surface area contributed by atoms with E-state index in [1.54, 1.807) is 24.3 Å². The molecule has 1 heterocycles. The summed E-state index contributed by atoms with van der Waals surface area (Å²) >= 11 is 3.30. The van der Waals surface area contributed by atoms with Crippen LogP contribution in [0.2, 0.25) is 0 Å². The molecule has 9 nitrogen and oxygen atoms in total. The van der Waals surface area contributed by atoms with E-state index >= 15 is 0 Å². The van der Waals surface area contributed by atoms with Crippen molar-refractivity contribution in [2.75, 3.05) is 18.5 Å². The molecule has 0 aliphatic carbocycles. The van der Waals surface area contributed by atoms with E-state index in [1.807, 2.05) is 19.1 Å². The number of aryl methyl sites for hydroxylation is 1. The Bertz CT molecular complexity index is 1110. The third-order valence-electron chi connectivity index (χ3n) is 4.56. The molecular formula is C22H20BrN3O6. The molecule has 0 bridgehead atoms. The zero-order chi connectivity index (χ0) is 23.3. The predicted molar refractivity (Wildman–Crippen MR) is 120 cm³/mol. The highest BCUT2D eigenvalue weighted by Gasteiger charge is 2.35. The molecule has 32 heavy (non-hydrogen) atoms. The highest BCUT2D eigenvalue weighted by Crippen LogP contribution is 2.26. The van der Waals surface area contributed by atoms with Gasteiger partial charge in [-0.2, -0.15) is 0 Å². The van der Waals surface area contributed by atoms with Crippen LogP contribution in [-0.2, 0) is 20.8 Å². The maximum absolute atomic E-state index is 12.7. The molecule has 2 aromatic rings. The number of imide groups is 1. The van der Waals surface area contributed by atoms with Gasteiger partial charge in [0.15, 0.2) is 6.61 Å². The summed E-state index contributed by atoms with van der Waals surface area (Å²) in [6.07, 6.45) is 2.08. The number of amides is 4. The van der Waals surface area contributed by atoms with E-state index in [9.17, 15) is 19.2 Å². The molecule has 1 aliphatic rings. The number of hydrogen-bond donors (Lipinski definition) is 3. The van der Waals surface area contributed by atoms with Crippen molar-refractivity contribution in [3.63, 3.8) is 0 Å². The smallest absolute Gasteiger partial charge is 0.341 e. The fraction of sp³-hybridized carbons (Fsp3) is 0.182. The highest BCUT2D eigenvalue weighted by molar-refractivity contribution is 9.10. The first-order valence-corrected chi connectivity index (χ1v) is 10.4. The van der Waals surface area contributed by atoms with Crippen LogP contribution in [0.15, 0.2) is 52.6 Å². The second-order valence-corrected chi connectivity index (χ2v) is 7.72. The van der Waals surface area contributed by atoms with Gasteiger partial charge in [0.05, 0.1) is 0 Å². The second-order valence-electron chi connectivity index (χ2n) is 6.80. The number of carbonyl (C=O) groups is 4. The van der Waals surface area contributed by atoms with Gasteiger partial charge >= 0.3 is 12.0 Å². The van der Waals surface area contributed by atoms with Crippen LogP contribution in [0.3, 0.4) is 0 Å². The summed E-state index contributed by atoms with van der Waals surface area (Å²) in [6, 6.07) is 11.3. The summed E-state index contributed by atoms with van der Waals surface area (Å²) < 4.78 is 5.90. The van der Waals surface area contributed by atoms with Gasteiger partial charge in [-0.05, 0) is 42.3 Å². The Morgan fingerprint density at radius 1 is 1.22 bits per heavy atom. The molecule has 1 saturated heterocycles. The molecule has 3 N–H and O–H groups in total. The fourth-order valence-electron chi connectivity index (χ4n) is 3.06. The first kappa shape index (κ1) is 23.0. The van der Waals surface area contributed by atoms with Gasteiger partial charge in [0.25, 0.3) is 5.91 Å². The number of anilines is 1. The van der Waals surface area contributed by atoms with E-state index in [0.717, 1.165) is 10.5 Å². The summed E-state index contributed by atoms with van der Waals surface area (Å²) in [4.78, 5) is 49.1. The van der Waals surface area contributed by atoms with Crippen LogP contribution in [0.1, 0.15) is 18.1 Å². The van der Waals surface area contributed by atoms with Crippen LogP contribution in [0, 0.1) is 0 Å². The summed E-state index contributed by atoms with van der Waals surface area (Å²) in [6.45, 7) is 0.931. The Balaban J connectivity index is 1.76. The van der Waals surface area contributed by atoms with Crippen molar-refractivity contribution in [2.24, 2.45) is 0 Å². The van der Waals surface area contributed by atoms with E-state index in [0.29, 0.717) is 22.1 Å². The molecule has 0 atom stereocenters. The lowest BCUT2D eigenvalue weighted by Gasteiger charge is -2.13. The van der Waals surface area contributed by atoms with E-state index in [-0.39, 0.29) is 11.4 Å². The summed E-state index contributed by atoms with van der Waals surface area (Å²) in [7, 11) is 0. The maximum atomic E-state index is 12.7.